The number of hydrogen-bond acceptors (Lipinski definition) is 3. The fourth-order valence-electron chi connectivity index (χ4n) is 1.69. The maximum atomic E-state index is 12.4. The van der Waals surface area contributed by atoms with Crippen LogP contribution in [0.15, 0.2) is 12.1 Å². The van der Waals surface area contributed by atoms with Gasteiger partial charge in [0.15, 0.2) is 0 Å². The van der Waals surface area contributed by atoms with E-state index >= 15 is 0 Å². The number of carbonyl (C=O) groups excluding carboxylic acids is 1. The fraction of sp³-hybridized carbons (Fsp3) is 0.538. The Kier molecular flexibility index (Phi) is 6.55. The molecule has 0 N–H and O–H groups in total. The van der Waals surface area contributed by atoms with Crippen LogP contribution in [0.2, 0.25) is 10.3 Å². The first-order valence-corrected chi connectivity index (χ1v) is 6.81. The minimum Gasteiger partial charge on any atom is -0.383 e. The van der Waals surface area contributed by atoms with Crippen molar-refractivity contribution in [2.75, 3.05) is 26.8 Å². The molecule has 0 aliphatic rings. The van der Waals surface area contributed by atoms with E-state index < -0.39 is 0 Å². The molecule has 6 heteroatoms. The molecule has 4 nitrogen and oxygen atoms in total. The summed E-state index contributed by atoms with van der Waals surface area (Å²) in [5, 5.41) is 0.430. The molecule has 106 valence electrons. The van der Waals surface area contributed by atoms with E-state index in [0.717, 1.165) is 0 Å². The molecule has 0 saturated heterocycles. The van der Waals surface area contributed by atoms with Gasteiger partial charge in [0.1, 0.15) is 10.3 Å². The molecule has 0 aliphatic heterocycles. The predicted molar refractivity (Wildman–Crippen MR) is 76.9 cm³/mol. The number of ether oxygens (including phenoxy) is 1. The van der Waals surface area contributed by atoms with E-state index in [2.05, 4.69) is 18.8 Å². The van der Waals surface area contributed by atoms with Crippen LogP contribution in [0.5, 0.6) is 0 Å². The number of carbonyl (C=O) groups is 1. The average Bonchev–Trinajstić information content (AvgIpc) is 2.32. The summed E-state index contributed by atoms with van der Waals surface area (Å²) in [5.74, 6) is 0.255. The van der Waals surface area contributed by atoms with Gasteiger partial charge < -0.3 is 9.64 Å². The number of methoxy groups -OCH3 is 1. The maximum Gasteiger partial charge on any atom is 0.254 e. The van der Waals surface area contributed by atoms with Gasteiger partial charge in [-0.25, -0.2) is 4.98 Å². The number of rotatable bonds is 6. The van der Waals surface area contributed by atoms with Crippen LogP contribution in [-0.4, -0.2) is 42.6 Å². The standard InChI is InChI=1S/C13H18Cl2N2O2/c1-9(2)8-17(4-5-19-3)13(18)10-6-11(14)16-12(15)7-10/h6-7,9H,4-5,8H2,1-3H3. The second-order valence-electron chi connectivity index (χ2n) is 4.64. The predicted octanol–water partition coefficient (Wildman–Crippen LogP) is 3.13. The molecule has 0 unspecified atom stereocenters. The third-order valence-corrected chi connectivity index (χ3v) is 2.84. The Bertz CT molecular complexity index is 418. The van der Waals surface area contributed by atoms with Gasteiger partial charge in [0, 0.05) is 25.8 Å². The highest BCUT2D eigenvalue weighted by atomic mass is 35.5. The minimum absolute atomic E-state index is 0.114. The van der Waals surface area contributed by atoms with Crippen molar-refractivity contribution in [1.82, 2.24) is 9.88 Å². The zero-order valence-corrected chi connectivity index (χ0v) is 12.8. The Balaban J connectivity index is 2.90. The van der Waals surface area contributed by atoms with Gasteiger partial charge in [0.2, 0.25) is 0 Å². The summed E-state index contributed by atoms with van der Waals surface area (Å²) in [4.78, 5) is 18.0. The van der Waals surface area contributed by atoms with Crippen molar-refractivity contribution in [3.63, 3.8) is 0 Å². The number of hydrogen-bond donors (Lipinski definition) is 0. The summed E-state index contributed by atoms with van der Waals surface area (Å²) >= 11 is 11.6. The summed E-state index contributed by atoms with van der Waals surface area (Å²) in [6.07, 6.45) is 0. The van der Waals surface area contributed by atoms with Crippen molar-refractivity contribution in [2.45, 2.75) is 13.8 Å². The molecule has 1 heterocycles. The number of aromatic nitrogens is 1. The molecule has 0 fully saturated rings. The van der Waals surface area contributed by atoms with Crippen LogP contribution in [-0.2, 0) is 4.74 Å². The van der Waals surface area contributed by atoms with E-state index in [9.17, 15) is 4.79 Å². The molecular formula is C13H18Cl2N2O2. The minimum atomic E-state index is -0.114. The van der Waals surface area contributed by atoms with Crippen molar-refractivity contribution < 1.29 is 9.53 Å². The van der Waals surface area contributed by atoms with Crippen molar-refractivity contribution in [3.8, 4) is 0 Å². The van der Waals surface area contributed by atoms with Gasteiger partial charge in [0.25, 0.3) is 5.91 Å². The smallest absolute Gasteiger partial charge is 0.254 e. The fourth-order valence-corrected chi connectivity index (χ4v) is 2.15. The van der Waals surface area contributed by atoms with Crippen LogP contribution < -0.4 is 0 Å². The van der Waals surface area contributed by atoms with E-state index in [-0.39, 0.29) is 16.2 Å². The number of nitrogens with zero attached hydrogens (tertiary/aromatic N) is 2. The topological polar surface area (TPSA) is 42.4 Å². The Labute approximate surface area is 123 Å². The van der Waals surface area contributed by atoms with Gasteiger partial charge in [-0.2, -0.15) is 0 Å². The highest BCUT2D eigenvalue weighted by Gasteiger charge is 2.18. The molecule has 0 spiro atoms. The lowest BCUT2D eigenvalue weighted by atomic mass is 10.1. The summed E-state index contributed by atoms with van der Waals surface area (Å²) < 4.78 is 5.03. The van der Waals surface area contributed by atoms with Crippen molar-refractivity contribution in [1.29, 1.82) is 0 Å². The lowest BCUT2D eigenvalue weighted by Gasteiger charge is -2.24. The van der Waals surface area contributed by atoms with Gasteiger partial charge >= 0.3 is 0 Å². The SMILES string of the molecule is COCCN(CC(C)C)C(=O)c1cc(Cl)nc(Cl)c1. The molecule has 1 rings (SSSR count). The normalized spacial score (nSPS) is 10.8. The number of amides is 1. The molecule has 0 bridgehead atoms. The first kappa shape index (κ1) is 16.2. The third-order valence-electron chi connectivity index (χ3n) is 2.45. The van der Waals surface area contributed by atoms with Crippen LogP contribution in [0.4, 0.5) is 0 Å². The lowest BCUT2D eigenvalue weighted by Crippen LogP contribution is -2.36. The summed E-state index contributed by atoms with van der Waals surface area (Å²) in [6, 6.07) is 3.05. The largest absolute Gasteiger partial charge is 0.383 e. The van der Waals surface area contributed by atoms with Crippen molar-refractivity contribution in [2.24, 2.45) is 5.92 Å². The first-order valence-electron chi connectivity index (χ1n) is 6.05. The van der Waals surface area contributed by atoms with Gasteiger partial charge in [-0.1, -0.05) is 37.0 Å². The molecule has 0 aromatic carbocycles. The molecule has 1 amide bonds. The number of halogens is 2. The van der Waals surface area contributed by atoms with Crippen LogP contribution in [0.3, 0.4) is 0 Å². The quantitative estimate of drug-likeness (QED) is 0.758. The highest BCUT2D eigenvalue weighted by molar-refractivity contribution is 6.33. The van der Waals surface area contributed by atoms with Gasteiger partial charge in [-0.05, 0) is 18.1 Å². The molecule has 1 aromatic rings. The molecule has 0 saturated carbocycles. The van der Waals surface area contributed by atoms with Crippen molar-refractivity contribution in [3.05, 3.63) is 28.0 Å². The van der Waals surface area contributed by atoms with E-state index in [0.29, 0.717) is 31.2 Å². The van der Waals surface area contributed by atoms with Gasteiger partial charge in [-0.15, -0.1) is 0 Å². The second kappa shape index (κ2) is 7.68. The zero-order chi connectivity index (χ0) is 14.4. The maximum absolute atomic E-state index is 12.4. The van der Waals surface area contributed by atoms with E-state index in [1.807, 2.05) is 0 Å². The monoisotopic (exact) mass is 304 g/mol. The van der Waals surface area contributed by atoms with Gasteiger partial charge in [0.05, 0.1) is 6.61 Å². The van der Waals surface area contributed by atoms with Crippen LogP contribution in [0.25, 0.3) is 0 Å². The van der Waals surface area contributed by atoms with Crippen LogP contribution >= 0.6 is 23.2 Å². The van der Waals surface area contributed by atoms with E-state index in [1.54, 1.807) is 12.0 Å². The Morgan fingerprint density at radius 3 is 2.42 bits per heavy atom. The van der Waals surface area contributed by atoms with Crippen LogP contribution in [0, 0.1) is 5.92 Å². The molecule has 0 atom stereocenters. The lowest BCUT2D eigenvalue weighted by molar-refractivity contribution is 0.0672. The molecular weight excluding hydrogens is 287 g/mol. The van der Waals surface area contributed by atoms with E-state index in [4.69, 9.17) is 27.9 Å². The second-order valence-corrected chi connectivity index (χ2v) is 5.41. The van der Waals surface area contributed by atoms with Crippen LogP contribution in [0.1, 0.15) is 24.2 Å². The Morgan fingerprint density at radius 1 is 1.37 bits per heavy atom. The molecule has 1 aromatic heterocycles. The summed E-state index contributed by atoms with van der Waals surface area (Å²) in [5.41, 5.74) is 0.446. The first-order chi connectivity index (χ1) is 8.93. The highest BCUT2D eigenvalue weighted by Crippen LogP contribution is 2.17. The van der Waals surface area contributed by atoms with Crippen molar-refractivity contribution >= 4 is 29.1 Å². The number of pyridine rings is 1. The summed E-state index contributed by atoms with van der Waals surface area (Å²) in [6.45, 7) is 5.79. The third kappa shape index (κ3) is 5.35. The van der Waals surface area contributed by atoms with Gasteiger partial charge in [-0.3, -0.25) is 4.79 Å². The molecule has 19 heavy (non-hydrogen) atoms. The van der Waals surface area contributed by atoms with E-state index in [1.165, 1.54) is 12.1 Å². The average molecular weight is 305 g/mol. The zero-order valence-electron chi connectivity index (χ0n) is 11.3. The Hall–Kier alpha value is -0.840. The summed E-state index contributed by atoms with van der Waals surface area (Å²) in [7, 11) is 1.61. The molecule has 0 aliphatic carbocycles. The Morgan fingerprint density at radius 2 is 1.95 bits per heavy atom. The molecule has 0 radical (unpaired) electrons.